The van der Waals surface area contributed by atoms with E-state index in [1.807, 2.05) is 7.05 Å². The van der Waals surface area contributed by atoms with Crippen LogP contribution in [0.15, 0.2) is 0 Å². The molecule has 0 aromatic carbocycles. The van der Waals surface area contributed by atoms with Crippen molar-refractivity contribution in [1.82, 2.24) is 10.2 Å². The van der Waals surface area contributed by atoms with Crippen LogP contribution in [0.3, 0.4) is 0 Å². The Hall–Kier alpha value is -0.610. The minimum absolute atomic E-state index is 0.144. The summed E-state index contributed by atoms with van der Waals surface area (Å²) in [7, 11) is 3.28. The molecule has 1 aliphatic carbocycles. The summed E-state index contributed by atoms with van der Waals surface area (Å²) in [6.07, 6.45) is 6.51. The van der Waals surface area contributed by atoms with Crippen LogP contribution < -0.4 is 5.32 Å². The first-order valence-corrected chi connectivity index (χ1v) is 7.20. The van der Waals surface area contributed by atoms with E-state index in [0.717, 1.165) is 24.8 Å². The summed E-state index contributed by atoms with van der Waals surface area (Å²) >= 11 is 0. The average molecular weight is 254 g/mol. The molecule has 2 fully saturated rings. The first kappa shape index (κ1) is 13.8. The topological polar surface area (TPSA) is 41.6 Å². The van der Waals surface area contributed by atoms with Crippen molar-refractivity contribution in [3.63, 3.8) is 0 Å². The molecule has 0 radical (unpaired) electrons. The van der Waals surface area contributed by atoms with Crippen molar-refractivity contribution in [3.8, 4) is 0 Å². The summed E-state index contributed by atoms with van der Waals surface area (Å²) in [6, 6.07) is -0.156. The molecule has 0 spiro atoms. The number of hydrogen-bond acceptors (Lipinski definition) is 4. The van der Waals surface area contributed by atoms with Gasteiger partial charge in [0.2, 0.25) is 0 Å². The molecule has 3 unspecified atom stereocenters. The number of carbonyl (C=O) groups is 1. The molecule has 0 amide bonds. The molecule has 1 aliphatic heterocycles. The predicted octanol–water partition coefficient (Wildman–Crippen LogP) is 1.26. The van der Waals surface area contributed by atoms with Gasteiger partial charge < -0.3 is 15.0 Å². The zero-order valence-corrected chi connectivity index (χ0v) is 11.7. The average Bonchev–Trinajstić information content (AvgIpc) is 2.38. The van der Waals surface area contributed by atoms with Gasteiger partial charge in [-0.15, -0.1) is 0 Å². The van der Waals surface area contributed by atoms with Crippen LogP contribution in [0.1, 0.15) is 32.1 Å². The summed E-state index contributed by atoms with van der Waals surface area (Å²) < 4.78 is 4.80. The van der Waals surface area contributed by atoms with Gasteiger partial charge in [0.25, 0.3) is 0 Å². The van der Waals surface area contributed by atoms with Crippen molar-refractivity contribution in [1.29, 1.82) is 0 Å². The van der Waals surface area contributed by atoms with Crippen molar-refractivity contribution in [2.45, 2.75) is 38.1 Å². The summed E-state index contributed by atoms with van der Waals surface area (Å²) in [5, 5.41) is 3.04. The van der Waals surface area contributed by atoms with Crippen LogP contribution in [0.2, 0.25) is 0 Å². The molecule has 3 atom stereocenters. The van der Waals surface area contributed by atoms with E-state index < -0.39 is 0 Å². The number of esters is 1. The fraction of sp³-hybridized carbons (Fsp3) is 0.929. The van der Waals surface area contributed by atoms with E-state index in [1.165, 1.54) is 45.9 Å². The summed E-state index contributed by atoms with van der Waals surface area (Å²) in [5.74, 6) is 1.67. The van der Waals surface area contributed by atoms with Gasteiger partial charge in [0, 0.05) is 19.6 Å². The highest BCUT2D eigenvalue weighted by atomic mass is 16.5. The van der Waals surface area contributed by atoms with Crippen LogP contribution in [-0.4, -0.2) is 50.7 Å². The molecule has 2 aliphatic rings. The molecule has 2 rings (SSSR count). The van der Waals surface area contributed by atoms with Crippen LogP contribution in [0.25, 0.3) is 0 Å². The number of fused-ring (bicyclic) bond motifs is 2. The lowest BCUT2D eigenvalue weighted by Crippen LogP contribution is -2.45. The number of nitrogens with one attached hydrogen (secondary N) is 1. The van der Waals surface area contributed by atoms with Crippen molar-refractivity contribution in [2.75, 3.05) is 33.8 Å². The van der Waals surface area contributed by atoms with Gasteiger partial charge in [0.15, 0.2) is 0 Å². The summed E-state index contributed by atoms with van der Waals surface area (Å²) in [5.41, 5.74) is 0. The zero-order chi connectivity index (χ0) is 13.0. The molecule has 1 saturated carbocycles. The standard InChI is InChI=1S/C14H26N2O2/c1-15-13(14(17)18-2)6-7-16-9-11-4-3-5-12(8-11)10-16/h11-13,15H,3-10H2,1-2H3. The Balaban J connectivity index is 1.77. The van der Waals surface area contributed by atoms with Crippen LogP contribution in [0.5, 0.6) is 0 Å². The quantitative estimate of drug-likeness (QED) is 0.750. The lowest BCUT2D eigenvalue weighted by Gasteiger charge is -2.41. The van der Waals surface area contributed by atoms with E-state index in [4.69, 9.17) is 4.74 Å². The molecule has 1 heterocycles. The Morgan fingerprint density at radius 1 is 1.39 bits per heavy atom. The van der Waals surface area contributed by atoms with E-state index in [-0.39, 0.29) is 12.0 Å². The lowest BCUT2D eigenvalue weighted by atomic mass is 9.78. The summed E-state index contributed by atoms with van der Waals surface area (Å²) in [6.45, 7) is 3.47. The number of carbonyl (C=O) groups excluding carboxylic acids is 1. The van der Waals surface area contributed by atoms with E-state index in [1.54, 1.807) is 0 Å². The Kier molecular flexibility index (Phi) is 5.01. The molecule has 18 heavy (non-hydrogen) atoms. The highest BCUT2D eigenvalue weighted by Gasteiger charge is 2.30. The zero-order valence-electron chi connectivity index (χ0n) is 11.7. The molecule has 0 aromatic rings. The second-order valence-electron chi connectivity index (χ2n) is 5.81. The van der Waals surface area contributed by atoms with Gasteiger partial charge in [-0.3, -0.25) is 4.79 Å². The van der Waals surface area contributed by atoms with E-state index in [0.29, 0.717) is 0 Å². The Labute approximate surface area is 110 Å². The lowest BCUT2D eigenvalue weighted by molar-refractivity contribution is -0.143. The van der Waals surface area contributed by atoms with E-state index >= 15 is 0 Å². The van der Waals surface area contributed by atoms with Crippen LogP contribution >= 0.6 is 0 Å². The van der Waals surface area contributed by atoms with Gasteiger partial charge in [-0.05, 0) is 44.6 Å². The maximum absolute atomic E-state index is 11.5. The van der Waals surface area contributed by atoms with Crippen LogP contribution in [0.4, 0.5) is 0 Å². The van der Waals surface area contributed by atoms with Gasteiger partial charge in [0.05, 0.1) is 7.11 Å². The van der Waals surface area contributed by atoms with Gasteiger partial charge in [-0.25, -0.2) is 0 Å². The highest BCUT2D eigenvalue weighted by Crippen LogP contribution is 2.34. The number of hydrogen-bond donors (Lipinski definition) is 1. The molecule has 2 bridgehead atoms. The number of rotatable bonds is 5. The number of piperidine rings is 1. The minimum Gasteiger partial charge on any atom is -0.468 e. The number of ether oxygens (including phenoxy) is 1. The second kappa shape index (κ2) is 6.53. The molecular weight excluding hydrogens is 228 g/mol. The fourth-order valence-electron chi connectivity index (χ4n) is 3.56. The van der Waals surface area contributed by atoms with Gasteiger partial charge in [-0.2, -0.15) is 0 Å². The number of methoxy groups -OCH3 is 1. The minimum atomic E-state index is -0.156. The Morgan fingerprint density at radius 3 is 2.61 bits per heavy atom. The Morgan fingerprint density at radius 2 is 2.06 bits per heavy atom. The predicted molar refractivity (Wildman–Crippen MR) is 71.4 cm³/mol. The van der Waals surface area contributed by atoms with Gasteiger partial charge in [0.1, 0.15) is 6.04 Å². The molecule has 104 valence electrons. The Bertz CT molecular complexity index is 271. The largest absolute Gasteiger partial charge is 0.468 e. The highest BCUT2D eigenvalue weighted by molar-refractivity contribution is 5.75. The maximum atomic E-state index is 11.5. The summed E-state index contributed by atoms with van der Waals surface area (Å²) in [4.78, 5) is 14.1. The van der Waals surface area contributed by atoms with Crippen LogP contribution in [0, 0.1) is 11.8 Å². The smallest absolute Gasteiger partial charge is 0.322 e. The SMILES string of the molecule is CNC(CCN1CC2CCCC(C2)C1)C(=O)OC. The number of nitrogens with zero attached hydrogens (tertiary/aromatic N) is 1. The molecule has 1 N–H and O–H groups in total. The molecular formula is C14H26N2O2. The molecule has 4 heteroatoms. The van der Waals surface area contributed by atoms with Crippen molar-refractivity contribution in [3.05, 3.63) is 0 Å². The van der Waals surface area contributed by atoms with E-state index in [9.17, 15) is 4.79 Å². The first-order chi connectivity index (χ1) is 8.72. The van der Waals surface area contributed by atoms with E-state index in [2.05, 4.69) is 10.2 Å². The number of likely N-dealkylation sites (N-methyl/N-ethyl adjacent to an activating group) is 1. The number of likely N-dealkylation sites (tertiary alicyclic amines) is 1. The van der Waals surface area contributed by atoms with Crippen molar-refractivity contribution < 1.29 is 9.53 Å². The fourth-order valence-corrected chi connectivity index (χ4v) is 3.56. The maximum Gasteiger partial charge on any atom is 0.322 e. The molecule has 1 saturated heterocycles. The second-order valence-corrected chi connectivity index (χ2v) is 5.81. The van der Waals surface area contributed by atoms with Crippen molar-refractivity contribution in [2.24, 2.45) is 11.8 Å². The van der Waals surface area contributed by atoms with Gasteiger partial charge >= 0.3 is 5.97 Å². The third-order valence-corrected chi connectivity index (χ3v) is 4.49. The normalized spacial score (nSPS) is 29.9. The van der Waals surface area contributed by atoms with Crippen LogP contribution in [-0.2, 0) is 9.53 Å². The molecule has 0 aromatic heterocycles. The first-order valence-electron chi connectivity index (χ1n) is 7.20. The van der Waals surface area contributed by atoms with Crippen molar-refractivity contribution >= 4 is 5.97 Å². The third-order valence-electron chi connectivity index (χ3n) is 4.49. The van der Waals surface area contributed by atoms with Gasteiger partial charge in [-0.1, -0.05) is 6.42 Å². The third kappa shape index (κ3) is 3.45. The molecule has 4 nitrogen and oxygen atoms in total. The monoisotopic (exact) mass is 254 g/mol.